The third-order valence-corrected chi connectivity index (χ3v) is 5.69. The van der Waals surface area contributed by atoms with Gasteiger partial charge in [0.1, 0.15) is 11.5 Å². The Morgan fingerprint density at radius 3 is 2.70 bits per heavy atom. The van der Waals surface area contributed by atoms with Gasteiger partial charge in [-0.05, 0) is 42.7 Å². The zero-order chi connectivity index (χ0) is 23.4. The molecule has 0 aliphatic heterocycles. The summed E-state index contributed by atoms with van der Waals surface area (Å²) in [6.07, 6.45) is 2.64. The van der Waals surface area contributed by atoms with Gasteiger partial charge >= 0.3 is 0 Å². The molecule has 2 aromatic heterocycles. The molecule has 0 bridgehead atoms. The van der Waals surface area contributed by atoms with E-state index in [-0.39, 0.29) is 18.1 Å². The molecule has 1 atom stereocenters. The molecule has 0 aliphatic carbocycles. The van der Waals surface area contributed by atoms with Crippen molar-refractivity contribution in [3.63, 3.8) is 0 Å². The Balaban J connectivity index is 1.52. The highest BCUT2D eigenvalue weighted by Crippen LogP contribution is 2.33. The minimum atomic E-state index is -0.628. The first-order valence-corrected chi connectivity index (χ1v) is 10.8. The van der Waals surface area contributed by atoms with Crippen LogP contribution in [0.2, 0.25) is 0 Å². The van der Waals surface area contributed by atoms with Crippen molar-refractivity contribution < 1.29 is 19.1 Å². The number of methoxy groups -OCH3 is 1. The van der Waals surface area contributed by atoms with Crippen molar-refractivity contribution >= 4 is 16.8 Å². The number of hydrogen-bond acceptors (Lipinski definition) is 5. The van der Waals surface area contributed by atoms with Crippen molar-refractivity contribution in [2.24, 2.45) is 0 Å². The third kappa shape index (κ3) is 4.92. The zero-order valence-electron chi connectivity index (χ0n) is 18.6. The first kappa shape index (κ1) is 22.2. The number of fused-ring (bicyclic) bond motifs is 1. The smallest absolute Gasteiger partial charge is 0.227 e. The molecule has 3 N–H and O–H groups in total. The number of rotatable bonds is 8. The van der Waals surface area contributed by atoms with Crippen molar-refractivity contribution in [1.82, 2.24) is 10.3 Å². The number of ether oxygens (including phenoxy) is 1. The number of aromatic nitrogens is 1. The quantitative estimate of drug-likeness (QED) is 0.379. The molecule has 7 heteroatoms. The summed E-state index contributed by atoms with van der Waals surface area (Å²) in [6.45, 7) is 2.09. The summed E-state index contributed by atoms with van der Waals surface area (Å²) in [6, 6.07) is 16.4. The van der Waals surface area contributed by atoms with E-state index >= 15 is 0 Å². The van der Waals surface area contributed by atoms with E-state index < -0.39 is 17.1 Å². The Kier molecular flexibility index (Phi) is 6.49. The molecule has 2 heterocycles. The van der Waals surface area contributed by atoms with Crippen molar-refractivity contribution in [2.75, 3.05) is 13.7 Å². The minimum Gasteiger partial charge on any atom is -0.502 e. The highest BCUT2D eigenvalue weighted by molar-refractivity contribution is 5.83. The Morgan fingerprint density at radius 2 is 1.94 bits per heavy atom. The summed E-state index contributed by atoms with van der Waals surface area (Å²) in [7, 11) is 1.57. The van der Waals surface area contributed by atoms with Gasteiger partial charge in [-0.2, -0.15) is 0 Å². The number of aromatic hydroxyl groups is 1. The van der Waals surface area contributed by atoms with E-state index in [1.807, 2.05) is 30.5 Å². The van der Waals surface area contributed by atoms with Gasteiger partial charge in [-0.25, -0.2) is 0 Å². The topological polar surface area (TPSA) is 105 Å². The van der Waals surface area contributed by atoms with Gasteiger partial charge in [-0.3, -0.25) is 9.59 Å². The maximum absolute atomic E-state index is 12.9. The Labute approximate surface area is 191 Å². The van der Waals surface area contributed by atoms with Crippen molar-refractivity contribution in [1.29, 1.82) is 0 Å². The number of aryl methyl sites for hydroxylation is 1. The summed E-state index contributed by atoms with van der Waals surface area (Å²) >= 11 is 0. The largest absolute Gasteiger partial charge is 0.502 e. The molecule has 0 spiro atoms. The predicted molar refractivity (Wildman–Crippen MR) is 126 cm³/mol. The van der Waals surface area contributed by atoms with Crippen LogP contribution in [-0.4, -0.2) is 29.7 Å². The standard InChI is InChI=1S/C26H26N2O5/c1-16-13-23(29)25(31)26(33-16)21(17-7-9-19(32-2)10-8-17)14-24(30)27-12-11-18-15-28-22-6-4-3-5-20(18)22/h3-10,13,15,21,28,31H,11-12,14H2,1-2H3,(H,27,30). The number of hydrogen-bond donors (Lipinski definition) is 3. The summed E-state index contributed by atoms with van der Waals surface area (Å²) in [5, 5.41) is 14.5. The number of H-pyrrole nitrogens is 1. The molecule has 2 aromatic carbocycles. The van der Waals surface area contributed by atoms with Crippen molar-refractivity contribution in [2.45, 2.75) is 25.7 Å². The van der Waals surface area contributed by atoms with Crippen LogP contribution >= 0.6 is 0 Å². The number of nitrogens with one attached hydrogen (secondary N) is 2. The fourth-order valence-corrected chi connectivity index (χ4v) is 3.99. The van der Waals surface area contributed by atoms with Crippen LogP contribution in [0.1, 0.15) is 35.0 Å². The van der Waals surface area contributed by atoms with Crippen LogP contribution in [0, 0.1) is 6.92 Å². The zero-order valence-corrected chi connectivity index (χ0v) is 18.6. The predicted octanol–water partition coefficient (Wildman–Crippen LogP) is 4.02. The number of aromatic amines is 1. The fraction of sp³-hybridized carbons (Fsp3) is 0.231. The van der Waals surface area contributed by atoms with Gasteiger partial charge in [0.2, 0.25) is 17.1 Å². The summed E-state index contributed by atoms with van der Waals surface area (Å²) in [5.41, 5.74) is 2.38. The van der Waals surface area contributed by atoms with E-state index in [0.29, 0.717) is 24.5 Å². The summed E-state index contributed by atoms with van der Waals surface area (Å²) in [5.74, 6) is -0.206. The molecule has 0 saturated carbocycles. The maximum atomic E-state index is 12.9. The molecule has 170 valence electrons. The van der Waals surface area contributed by atoms with Crippen LogP contribution in [0.3, 0.4) is 0 Å². The van der Waals surface area contributed by atoms with Gasteiger partial charge in [0.25, 0.3) is 0 Å². The van der Waals surface area contributed by atoms with E-state index in [4.69, 9.17) is 9.15 Å². The van der Waals surface area contributed by atoms with E-state index in [9.17, 15) is 14.7 Å². The second-order valence-electron chi connectivity index (χ2n) is 7.92. The number of carbonyl (C=O) groups is 1. The van der Waals surface area contributed by atoms with Crippen LogP contribution < -0.4 is 15.5 Å². The lowest BCUT2D eigenvalue weighted by molar-refractivity contribution is -0.121. The number of amides is 1. The average Bonchev–Trinajstić information content (AvgIpc) is 3.23. The Morgan fingerprint density at radius 1 is 1.18 bits per heavy atom. The lowest BCUT2D eigenvalue weighted by Gasteiger charge is -2.18. The highest BCUT2D eigenvalue weighted by atomic mass is 16.5. The second kappa shape index (κ2) is 9.65. The van der Waals surface area contributed by atoms with Crippen molar-refractivity contribution in [3.05, 3.63) is 93.7 Å². The minimum absolute atomic E-state index is 0.0141. The third-order valence-electron chi connectivity index (χ3n) is 5.69. The average molecular weight is 447 g/mol. The molecule has 4 rings (SSSR count). The van der Waals surface area contributed by atoms with E-state index in [1.165, 1.54) is 6.07 Å². The van der Waals surface area contributed by atoms with Gasteiger partial charge in [-0.1, -0.05) is 30.3 Å². The lowest BCUT2D eigenvalue weighted by atomic mass is 9.91. The van der Waals surface area contributed by atoms with E-state index in [0.717, 1.165) is 22.0 Å². The van der Waals surface area contributed by atoms with Crippen LogP contribution in [0.4, 0.5) is 0 Å². The first-order chi connectivity index (χ1) is 16.0. The van der Waals surface area contributed by atoms with E-state index in [1.54, 1.807) is 38.3 Å². The van der Waals surface area contributed by atoms with Crippen LogP contribution in [-0.2, 0) is 11.2 Å². The van der Waals surface area contributed by atoms with Gasteiger partial charge in [0, 0.05) is 36.1 Å². The number of benzene rings is 2. The van der Waals surface area contributed by atoms with E-state index in [2.05, 4.69) is 10.3 Å². The maximum Gasteiger partial charge on any atom is 0.227 e. The lowest BCUT2D eigenvalue weighted by Crippen LogP contribution is -2.27. The highest BCUT2D eigenvalue weighted by Gasteiger charge is 2.25. The molecule has 0 saturated heterocycles. The molecule has 7 nitrogen and oxygen atoms in total. The number of carbonyl (C=O) groups excluding carboxylic acids is 1. The monoisotopic (exact) mass is 446 g/mol. The number of para-hydroxylation sites is 1. The normalized spacial score (nSPS) is 11.9. The molecule has 0 fully saturated rings. The summed E-state index contributed by atoms with van der Waals surface area (Å²) < 4.78 is 10.9. The molecule has 1 unspecified atom stereocenters. The molecule has 4 aromatic rings. The molecule has 1 amide bonds. The molecule has 0 radical (unpaired) electrons. The first-order valence-electron chi connectivity index (χ1n) is 10.8. The molecular weight excluding hydrogens is 420 g/mol. The second-order valence-corrected chi connectivity index (χ2v) is 7.92. The SMILES string of the molecule is COc1ccc(C(CC(=O)NCCc2c[nH]c3ccccc23)c2oc(C)cc(=O)c2O)cc1. The summed E-state index contributed by atoms with van der Waals surface area (Å²) in [4.78, 5) is 28.2. The van der Waals surface area contributed by atoms with Gasteiger partial charge in [-0.15, -0.1) is 0 Å². The molecular formula is C26H26N2O5. The van der Waals surface area contributed by atoms with Gasteiger partial charge in [0.15, 0.2) is 5.76 Å². The Bertz CT molecular complexity index is 1320. The van der Waals surface area contributed by atoms with Gasteiger partial charge in [0.05, 0.1) is 13.0 Å². The van der Waals surface area contributed by atoms with Crippen LogP contribution in [0.5, 0.6) is 11.5 Å². The van der Waals surface area contributed by atoms with Crippen molar-refractivity contribution in [3.8, 4) is 11.5 Å². The van der Waals surface area contributed by atoms with Gasteiger partial charge < -0.3 is 24.6 Å². The molecule has 33 heavy (non-hydrogen) atoms. The Hall–Kier alpha value is -4.00. The fourth-order valence-electron chi connectivity index (χ4n) is 3.99. The molecule has 0 aliphatic rings. The van der Waals surface area contributed by atoms with Crippen LogP contribution in [0.25, 0.3) is 10.9 Å². The van der Waals surface area contributed by atoms with Crippen LogP contribution in [0.15, 0.2) is 70.0 Å².